The minimum Gasteiger partial charge on any atom is -0.479 e. The number of carboxylic acids is 1. The Hall–Kier alpha value is -1.30. The Balaban J connectivity index is 1.77. The number of hydrogen-bond acceptors (Lipinski definition) is 3. The van der Waals surface area contributed by atoms with Crippen LogP contribution < -0.4 is 0 Å². The number of ether oxygens (including phenoxy) is 1. The summed E-state index contributed by atoms with van der Waals surface area (Å²) in [5.74, 6) is -0.873. The molecule has 2 amide bonds. The van der Waals surface area contributed by atoms with Gasteiger partial charge in [-0.25, -0.2) is 9.59 Å². The first kappa shape index (κ1) is 13.7. The van der Waals surface area contributed by atoms with Gasteiger partial charge in [0.25, 0.3) is 0 Å². The van der Waals surface area contributed by atoms with Gasteiger partial charge < -0.3 is 19.6 Å². The molecule has 0 aromatic heterocycles. The van der Waals surface area contributed by atoms with Crippen LogP contribution in [0.2, 0.25) is 0 Å². The third kappa shape index (κ3) is 1.97. The van der Waals surface area contributed by atoms with Gasteiger partial charge in [-0.2, -0.15) is 0 Å². The molecule has 0 radical (unpaired) electrons. The second-order valence-electron chi connectivity index (χ2n) is 6.09. The summed E-state index contributed by atoms with van der Waals surface area (Å²) in [6.45, 7) is 3.60. The molecule has 3 unspecified atom stereocenters. The van der Waals surface area contributed by atoms with Crippen LogP contribution in [-0.2, 0) is 9.53 Å². The molecule has 0 saturated carbocycles. The highest BCUT2D eigenvalue weighted by atomic mass is 16.5. The molecular formula is C14H22N2O4. The van der Waals surface area contributed by atoms with Crippen LogP contribution in [0.3, 0.4) is 0 Å². The van der Waals surface area contributed by atoms with Crippen LogP contribution in [0.5, 0.6) is 0 Å². The Morgan fingerprint density at radius 2 is 1.95 bits per heavy atom. The van der Waals surface area contributed by atoms with E-state index in [1.54, 1.807) is 9.80 Å². The van der Waals surface area contributed by atoms with Crippen molar-refractivity contribution in [2.45, 2.75) is 56.8 Å². The van der Waals surface area contributed by atoms with Crippen LogP contribution in [0.15, 0.2) is 0 Å². The van der Waals surface area contributed by atoms with Crippen molar-refractivity contribution in [3.8, 4) is 0 Å². The predicted octanol–water partition coefficient (Wildman–Crippen LogP) is 1.30. The Labute approximate surface area is 118 Å². The number of hydrogen-bond donors (Lipinski definition) is 1. The molecule has 3 aliphatic rings. The lowest BCUT2D eigenvalue weighted by Crippen LogP contribution is -2.59. The number of urea groups is 1. The molecular weight excluding hydrogens is 260 g/mol. The number of carbonyl (C=O) groups is 2. The fraction of sp³-hybridized carbons (Fsp3) is 0.857. The molecule has 3 atom stereocenters. The van der Waals surface area contributed by atoms with Gasteiger partial charge in [-0.3, -0.25) is 0 Å². The molecule has 3 saturated heterocycles. The quantitative estimate of drug-likeness (QED) is 0.828. The Morgan fingerprint density at radius 3 is 2.50 bits per heavy atom. The maximum atomic E-state index is 12.7. The molecule has 112 valence electrons. The van der Waals surface area contributed by atoms with Crippen molar-refractivity contribution in [2.75, 3.05) is 19.6 Å². The molecule has 0 aliphatic carbocycles. The highest BCUT2D eigenvalue weighted by Gasteiger charge is 2.50. The normalized spacial score (nSPS) is 36.5. The number of morpholine rings is 1. The van der Waals surface area contributed by atoms with E-state index in [1.165, 1.54) is 0 Å². The van der Waals surface area contributed by atoms with Crippen molar-refractivity contribution in [1.82, 2.24) is 9.80 Å². The van der Waals surface area contributed by atoms with Gasteiger partial charge in [0.1, 0.15) is 5.54 Å². The summed E-state index contributed by atoms with van der Waals surface area (Å²) < 4.78 is 5.74. The maximum Gasteiger partial charge on any atom is 0.329 e. The van der Waals surface area contributed by atoms with Gasteiger partial charge >= 0.3 is 12.0 Å². The number of likely N-dealkylation sites (tertiary alicyclic amines) is 2. The van der Waals surface area contributed by atoms with E-state index in [2.05, 4.69) is 0 Å². The largest absolute Gasteiger partial charge is 0.479 e. The van der Waals surface area contributed by atoms with Gasteiger partial charge in [0, 0.05) is 19.6 Å². The monoisotopic (exact) mass is 282 g/mol. The summed E-state index contributed by atoms with van der Waals surface area (Å²) in [5, 5.41) is 9.56. The Morgan fingerprint density at radius 1 is 1.30 bits per heavy atom. The van der Waals surface area contributed by atoms with Gasteiger partial charge in [-0.1, -0.05) is 6.92 Å². The Kier molecular flexibility index (Phi) is 3.36. The number of aliphatic carboxylic acids is 1. The molecule has 1 N–H and O–H groups in total. The zero-order valence-electron chi connectivity index (χ0n) is 11.9. The van der Waals surface area contributed by atoms with Crippen molar-refractivity contribution < 1.29 is 19.4 Å². The summed E-state index contributed by atoms with van der Waals surface area (Å²) in [6, 6.07) is -0.119. The lowest BCUT2D eigenvalue weighted by molar-refractivity contribution is -0.148. The van der Waals surface area contributed by atoms with Gasteiger partial charge in [0.15, 0.2) is 0 Å². The topological polar surface area (TPSA) is 70.1 Å². The number of rotatable bonds is 2. The van der Waals surface area contributed by atoms with E-state index >= 15 is 0 Å². The number of carbonyl (C=O) groups excluding carboxylic acids is 1. The van der Waals surface area contributed by atoms with E-state index in [9.17, 15) is 14.7 Å². The molecule has 6 heteroatoms. The lowest BCUT2D eigenvalue weighted by atomic mass is 9.93. The number of amides is 2. The van der Waals surface area contributed by atoms with E-state index in [0.717, 1.165) is 19.3 Å². The molecule has 3 heterocycles. The van der Waals surface area contributed by atoms with Crippen molar-refractivity contribution in [3.05, 3.63) is 0 Å². The smallest absolute Gasteiger partial charge is 0.329 e. The average molecular weight is 282 g/mol. The van der Waals surface area contributed by atoms with Gasteiger partial charge in [0.2, 0.25) is 0 Å². The minimum atomic E-state index is -1.01. The standard InChI is InChI=1S/C14H22N2O4/c1-2-14(12(17)18)6-3-7-16(14)13(19)15-8-10-4-5-11(9-15)20-10/h10-11H,2-9H2,1H3,(H,17,18). The summed E-state index contributed by atoms with van der Waals surface area (Å²) in [4.78, 5) is 27.8. The third-order valence-electron chi connectivity index (χ3n) is 5.02. The second kappa shape index (κ2) is 4.91. The zero-order chi connectivity index (χ0) is 14.3. The van der Waals surface area contributed by atoms with Crippen LogP contribution in [-0.4, -0.2) is 64.3 Å². The number of fused-ring (bicyclic) bond motifs is 2. The summed E-state index contributed by atoms with van der Waals surface area (Å²) in [6.07, 6.45) is 4.08. The average Bonchev–Trinajstić information content (AvgIpc) is 3.02. The second-order valence-corrected chi connectivity index (χ2v) is 6.09. The summed E-state index contributed by atoms with van der Waals surface area (Å²) in [7, 11) is 0. The lowest BCUT2D eigenvalue weighted by Gasteiger charge is -2.40. The van der Waals surface area contributed by atoms with E-state index in [0.29, 0.717) is 32.5 Å². The molecule has 20 heavy (non-hydrogen) atoms. The van der Waals surface area contributed by atoms with Crippen LogP contribution in [0, 0.1) is 0 Å². The third-order valence-corrected chi connectivity index (χ3v) is 5.02. The SMILES string of the molecule is CCC1(C(=O)O)CCCN1C(=O)N1CC2CCC(C1)O2. The van der Waals surface area contributed by atoms with E-state index in [1.807, 2.05) is 6.92 Å². The van der Waals surface area contributed by atoms with Crippen LogP contribution in [0.4, 0.5) is 4.79 Å². The Bertz CT molecular complexity index is 415. The first-order chi connectivity index (χ1) is 9.56. The van der Waals surface area contributed by atoms with Crippen LogP contribution in [0.25, 0.3) is 0 Å². The van der Waals surface area contributed by atoms with E-state index < -0.39 is 11.5 Å². The van der Waals surface area contributed by atoms with Gasteiger partial charge in [0.05, 0.1) is 12.2 Å². The molecule has 3 rings (SSSR count). The minimum absolute atomic E-state index is 0.119. The zero-order valence-corrected chi connectivity index (χ0v) is 11.9. The molecule has 0 aromatic rings. The summed E-state index contributed by atoms with van der Waals surface area (Å²) >= 11 is 0. The fourth-order valence-corrected chi connectivity index (χ4v) is 3.84. The van der Waals surface area contributed by atoms with Crippen molar-refractivity contribution in [3.63, 3.8) is 0 Å². The highest BCUT2D eigenvalue weighted by Crippen LogP contribution is 2.35. The van der Waals surface area contributed by atoms with Gasteiger partial charge in [-0.15, -0.1) is 0 Å². The molecule has 0 spiro atoms. The molecule has 2 bridgehead atoms. The fourth-order valence-electron chi connectivity index (χ4n) is 3.84. The predicted molar refractivity (Wildman–Crippen MR) is 71.5 cm³/mol. The maximum absolute atomic E-state index is 12.7. The number of carboxylic acid groups (broad SMARTS) is 1. The summed E-state index contributed by atoms with van der Waals surface area (Å²) in [5.41, 5.74) is -1.01. The first-order valence-electron chi connectivity index (χ1n) is 7.52. The first-order valence-corrected chi connectivity index (χ1v) is 7.52. The molecule has 3 fully saturated rings. The van der Waals surface area contributed by atoms with Crippen molar-refractivity contribution in [1.29, 1.82) is 0 Å². The highest BCUT2D eigenvalue weighted by molar-refractivity contribution is 5.87. The molecule has 0 aromatic carbocycles. The van der Waals surface area contributed by atoms with E-state index in [-0.39, 0.29) is 18.2 Å². The molecule has 6 nitrogen and oxygen atoms in total. The molecule has 3 aliphatic heterocycles. The van der Waals surface area contributed by atoms with Crippen LogP contribution >= 0.6 is 0 Å². The van der Waals surface area contributed by atoms with Crippen molar-refractivity contribution >= 4 is 12.0 Å². The van der Waals surface area contributed by atoms with Crippen LogP contribution in [0.1, 0.15) is 39.0 Å². The van der Waals surface area contributed by atoms with Gasteiger partial charge in [-0.05, 0) is 32.1 Å². The van der Waals surface area contributed by atoms with Crippen molar-refractivity contribution in [2.24, 2.45) is 0 Å². The number of nitrogens with zero attached hydrogens (tertiary/aromatic N) is 2. The van der Waals surface area contributed by atoms with E-state index in [4.69, 9.17) is 4.74 Å².